The Labute approximate surface area is 193 Å². The summed E-state index contributed by atoms with van der Waals surface area (Å²) in [6.45, 7) is 5.29. The highest BCUT2D eigenvalue weighted by atomic mass is 16.5. The highest BCUT2D eigenvalue weighted by Crippen LogP contribution is 2.37. The molecule has 0 saturated carbocycles. The van der Waals surface area contributed by atoms with Crippen LogP contribution in [0.5, 0.6) is 5.75 Å². The molecule has 7 heteroatoms. The van der Waals surface area contributed by atoms with Crippen LogP contribution in [0.3, 0.4) is 0 Å². The lowest BCUT2D eigenvalue weighted by Crippen LogP contribution is -2.60. The molecule has 0 spiro atoms. The maximum Gasteiger partial charge on any atom is 0.250 e. The number of nitrogens with one attached hydrogen (secondary N) is 2. The van der Waals surface area contributed by atoms with Gasteiger partial charge in [0.25, 0.3) is 0 Å². The van der Waals surface area contributed by atoms with Gasteiger partial charge in [0.15, 0.2) is 0 Å². The molecule has 0 unspecified atom stereocenters. The van der Waals surface area contributed by atoms with E-state index in [1.54, 1.807) is 25.9 Å². The molecule has 0 fully saturated rings. The summed E-state index contributed by atoms with van der Waals surface area (Å²) in [4.78, 5) is 33.2. The molecule has 0 radical (unpaired) electrons. The molecule has 7 nitrogen and oxygen atoms in total. The van der Waals surface area contributed by atoms with Crippen molar-refractivity contribution in [2.75, 3.05) is 37.0 Å². The number of hydrogen-bond acceptors (Lipinski definition) is 4. The molecule has 3 heterocycles. The molecule has 0 aliphatic carbocycles. The van der Waals surface area contributed by atoms with Gasteiger partial charge in [0.1, 0.15) is 11.3 Å². The van der Waals surface area contributed by atoms with Crippen molar-refractivity contribution in [2.45, 2.75) is 25.8 Å². The van der Waals surface area contributed by atoms with Crippen molar-refractivity contribution in [1.82, 2.24) is 9.88 Å². The summed E-state index contributed by atoms with van der Waals surface area (Å²) in [5.41, 5.74) is 3.98. The molecule has 0 bridgehead atoms. The fourth-order valence-electron chi connectivity index (χ4n) is 4.75. The van der Waals surface area contributed by atoms with Crippen molar-refractivity contribution in [2.24, 2.45) is 0 Å². The van der Waals surface area contributed by atoms with Gasteiger partial charge in [-0.25, -0.2) is 0 Å². The van der Waals surface area contributed by atoms with Crippen LogP contribution < -0.4 is 15.0 Å². The monoisotopic (exact) mass is 444 g/mol. The number of H-pyrrole nitrogens is 1. The first kappa shape index (κ1) is 21.3. The van der Waals surface area contributed by atoms with Gasteiger partial charge < -0.3 is 15.0 Å². The van der Waals surface area contributed by atoms with Crippen LogP contribution in [0.4, 0.5) is 11.4 Å². The Morgan fingerprint density at radius 1 is 1.18 bits per heavy atom. The van der Waals surface area contributed by atoms with Crippen LogP contribution in [0.25, 0.3) is 16.5 Å². The number of rotatable bonds is 4. The lowest BCUT2D eigenvalue weighted by molar-refractivity contribution is -0.127. The minimum atomic E-state index is -0.953. The van der Waals surface area contributed by atoms with Gasteiger partial charge in [-0.15, -0.1) is 0 Å². The molecule has 2 amide bonds. The van der Waals surface area contributed by atoms with Crippen LogP contribution in [0.2, 0.25) is 0 Å². The molecule has 2 aliphatic heterocycles. The lowest BCUT2D eigenvalue weighted by atomic mass is 9.95. The predicted octanol–water partition coefficient (Wildman–Crippen LogP) is 4.03. The van der Waals surface area contributed by atoms with Crippen LogP contribution in [0.15, 0.2) is 54.7 Å². The van der Waals surface area contributed by atoms with Gasteiger partial charge in [0.05, 0.1) is 25.0 Å². The Morgan fingerprint density at radius 3 is 2.76 bits per heavy atom. The molecule has 2 N–H and O–H groups in total. The molecule has 3 aromatic rings. The molecule has 5 rings (SSSR count). The Bertz CT molecular complexity index is 1270. The molecular weight excluding hydrogens is 416 g/mol. The normalized spacial score (nSPS) is 18.0. The number of carbonyl (C=O) groups excluding carboxylic acids is 2. The smallest absolute Gasteiger partial charge is 0.250 e. The van der Waals surface area contributed by atoms with E-state index in [1.165, 1.54) is 11.1 Å². The van der Waals surface area contributed by atoms with Crippen LogP contribution >= 0.6 is 0 Å². The number of benzene rings is 2. The number of aromatic nitrogens is 1. The van der Waals surface area contributed by atoms with Crippen molar-refractivity contribution in [3.05, 3.63) is 60.3 Å². The van der Waals surface area contributed by atoms with Gasteiger partial charge in [-0.05, 0) is 56.2 Å². The third kappa shape index (κ3) is 3.68. The summed E-state index contributed by atoms with van der Waals surface area (Å²) in [5, 5.41) is 4.06. The van der Waals surface area contributed by atoms with Gasteiger partial charge in [-0.1, -0.05) is 18.2 Å². The first-order valence-corrected chi connectivity index (χ1v) is 11.2. The number of fused-ring (bicyclic) bond motifs is 2. The van der Waals surface area contributed by atoms with E-state index in [0.29, 0.717) is 12.2 Å². The first-order valence-electron chi connectivity index (χ1n) is 11.2. The maximum absolute atomic E-state index is 13.4. The van der Waals surface area contributed by atoms with Crippen molar-refractivity contribution in [3.63, 3.8) is 0 Å². The molecular formula is C26H28N4O3. The number of ether oxygens (including phenoxy) is 1. The second-order valence-electron chi connectivity index (χ2n) is 9.09. The van der Waals surface area contributed by atoms with Gasteiger partial charge in [0, 0.05) is 35.8 Å². The summed E-state index contributed by atoms with van der Waals surface area (Å²) < 4.78 is 5.39. The zero-order valence-corrected chi connectivity index (χ0v) is 19.1. The molecule has 2 aliphatic rings. The van der Waals surface area contributed by atoms with Gasteiger partial charge in [-0.2, -0.15) is 0 Å². The van der Waals surface area contributed by atoms with E-state index in [0.717, 1.165) is 35.3 Å². The van der Waals surface area contributed by atoms with E-state index in [1.807, 2.05) is 42.6 Å². The Morgan fingerprint density at radius 2 is 2.00 bits per heavy atom. The van der Waals surface area contributed by atoms with Gasteiger partial charge in [0.2, 0.25) is 11.8 Å². The molecule has 2 aromatic carbocycles. The lowest BCUT2D eigenvalue weighted by Gasteiger charge is -2.43. The van der Waals surface area contributed by atoms with E-state index in [9.17, 15) is 9.59 Å². The number of amides is 2. The second kappa shape index (κ2) is 8.08. The van der Waals surface area contributed by atoms with Gasteiger partial charge in [-0.3, -0.25) is 19.4 Å². The Kier molecular flexibility index (Phi) is 5.21. The average Bonchev–Trinajstić information content (AvgIpc) is 3.23. The summed E-state index contributed by atoms with van der Waals surface area (Å²) in [6.07, 6.45) is 5.08. The van der Waals surface area contributed by atoms with Crippen LogP contribution in [0.1, 0.15) is 25.8 Å². The van der Waals surface area contributed by atoms with Crippen molar-refractivity contribution in [1.29, 1.82) is 0 Å². The fourth-order valence-corrected chi connectivity index (χ4v) is 4.75. The third-order valence-electron chi connectivity index (χ3n) is 6.64. The number of aromatic amines is 1. The summed E-state index contributed by atoms with van der Waals surface area (Å²) in [7, 11) is 1.67. The minimum Gasteiger partial charge on any atom is -0.497 e. The first-order chi connectivity index (χ1) is 15.9. The van der Waals surface area contributed by atoms with Crippen LogP contribution in [0, 0.1) is 0 Å². The quantitative estimate of drug-likeness (QED) is 0.637. The SMILES string of the molecule is COc1ccc2[nH]cc(C3=CCN(CC(=O)N4c5ccccc5NC(=O)C4(C)C)CC3)c2c1. The summed E-state index contributed by atoms with van der Waals surface area (Å²) in [5.74, 6) is 0.585. The number of methoxy groups -OCH3 is 1. The zero-order valence-electron chi connectivity index (χ0n) is 19.1. The summed E-state index contributed by atoms with van der Waals surface area (Å²) in [6, 6.07) is 13.5. The molecule has 0 saturated heterocycles. The standard InChI is InChI=1S/C26H28N4O3/c1-26(2)25(32)28-22-6-4-5-7-23(22)30(26)24(31)16-29-12-10-17(11-13-29)20-15-27-21-9-8-18(33-3)14-19(20)21/h4-10,14-15,27H,11-13,16H2,1-3H3,(H,28,32). The summed E-state index contributed by atoms with van der Waals surface area (Å²) >= 11 is 0. The highest BCUT2D eigenvalue weighted by molar-refractivity contribution is 6.14. The van der Waals surface area contributed by atoms with Crippen molar-refractivity contribution >= 4 is 39.7 Å². The number of nitrogens with zero attached hydrogens (tertiary/aromatic N) is 2. The minimum absolute atomic E-state index is 0.0732. The van der Waals surface area contributed by atoms with E-state index in [2.05, 4.69) is 27.3 Å². The number of anilines is 2. The topological polar surface area (TPSA) is 77.7 Å². The van der Waals surface area contributed by atoms with E-state index in [-0.39, 0.29) is 18.4 Å². The fraction of sp³-hybridized carbons (Fsp3) is 0.308. The van der Waals surface area contributed by atoms with Crippen molar-refractivity contribution in [3.8, 4) is 5.75 Å². The number of hydrogen-bond donors (Lipinski definition) is 2. The average molecular weight is 445 g/mol. The molecule has 170 valence electrons. The largest absolute Gasteiger partial charge is 0.497 e. The second-order valence-corrected chi connectivity index (χ2v) is 9.09. The Hall–Kier alpha value is -3.58. The van der Waals surface area contributed by atoms with E-state index in [4.69, 9.17) is 4.74 Å². The predicted molar refractivity (Wildman–Crippen MR) is 131 cm³/mol. The number of carbonyl (C=O) groups is 2. The van der Waals surface area contributed by atoms with Crippen LogP contribution in [-0.4, -0.2) is 54.0 Å². The zero-order chi connectivity index (χ0) is 23.2. The third-order valence-corrected chi connectivity index (χ3v) is 6.64. The van der Waals surface area contributed by atoms with E-state index < -0.39 is 5.54 Å². The molecule has 33 heavy (non-hydrogen) atoms. The molecule has 0 atom stereocenters. The maximum atomic E-state index is 13.4. The van der Waals surface area contributed by atoms with Gasteiger partial charge >= 0.3 is 0 Å². The van der Waals surface area contributed by atoms with Crippen LogP contribution in [-0.2, 0) is 9.59 Å². The van der Waals surface area contributed by atoms with Crippen molar-refractivity contribution < 1.29 is 14.3 Å². The van der Waals surface area contributed by atoms with E-state index >= 15 is 0 Å². The highest BCUT2D eigenvalue weighted by Gasteiger charge is 2.43. The Balaban J connectivity index is 1.34. The molecule has 1 aromatic heterocycles. The number of para-hydroxylation sites is 2.